The van der Waals surface area contributed by atoms with E-state index in [2.05, 4.69) is 15.6 Å². The van der Waals surface area contributed by atoms with Crippen molar-refractivity contribution in [1.82, 2.24) is 20.2 Å². The molecule has 13 heavy (non-hydrogen) atoms. The number of nitrogens with one attached hydrogen (secondary N) is 2. The van der Waals surface area contributed by atoms with Crippen LogP contribution in [-0.2, 0) is 6.54 Å². The first-order valence-corrected chi connectivity index (χ1v) is 4.71. The first-order valence-electron chi connectivity index (χ1n) is 4.30. The molecule has 0 atom stereocenters. The molecule has 1 heterocycles. The van der Waals surface area contributed by atoms with Gasteiger partial charge in [-0.05, 0) is 19.1 Å². The minimum absolute atomic E-state index is 0.711. The molecule has 72 valence electrons. The van der Waals surface area contributed by atoms with Crippen LogP contribution in [0.4, 0.5) is 0 Å². The Morgan fingerprint density at radius 1 is 1.54 bits per heavy atom. The fraction of sp³-hybridized carbons (Fsp3) is 0.500. The van der Waals surface area contributed by atoms with E-state index in [0.717, 1.165) is 19.6 Å². The zero-order valence-electron chi connectivity index (χ0n) is 7.66. The Balaban J connectivity index is 2.11. The van der Waals surface area contributed by atoms with Gasteiger partial charge in [-0.3, -0.25) is 0 Å². The Morgan fingerprint density at radius 2 is 2.38 bits per heavy atom. The zero-order valence-corrected chi connectivity index (χ0v) is 8.47. The molecule has 0 radical (unpaired) electrons. The molecule has 0 spiro atoms. The monoisotopic (exact) mass is 198 g/mol. The van der Waals surface area contributed by atoms with Crippen molar-refractivity contribution >= 4 is 17.3 Å². The standard InChI is InChI=1S/C8H14N4S/c1-2-10-8(13)11-4-6-12-5-3-9-7-12/h3,5,7H,2,4,6H2,1H3,(H2,10,11,13). The number of thiocarbonyl (C=S) groups is 1. The molecule has 5 heteroatoms. The van der Waals surface area contributed by atoms with Gasteiger partial charge in [-0.1, -0.05) is 0 Å². The molecule has 2 N–H and O–H groups in total. The van der Waals surface area contributed by atoms with Gasteiger partial charge in [0, 0.05) is 32.0 Å². The summed E-state index contributed by atoms with van der Waals surface area (Å²) in [5.74, 6) is 0. The number of nitrogens with zero attached hydrogens (tertiary/aromatic N) is 2. The van der Waals surface area contributed by atoms with Crippen LogP contribution < -0.4 is 10.6 Å². The Morgan fingerprint density at radius 3 is 3.00 bits per heavy atom. The highest BCUT2D eigenvalue weighted by Gasteiger charge is 1.92. The second kappa shape index (κ2) is 5.53. The number of hydrogen-bond donors (Lipinski definition) is 2. The van der Waals surface area contributed by atoms with Crippen LogP contribution in [0.3, 0.4) is 0 Å². The van der Waals surface area contributed by atoms with E-state index in [-0.39, 0.29) is 0 Å². The highest BCUT2D eigenvalue weighted by atomic mass is 32.1. The van der Waals surface area contributed by atoms with Gasteiger partial charge in [0.1, 0.15) is 0 Å². The van der Waals surface area contributed by atoms with E-state index in [1.54, 1.807) is 12.5 Å². The predicted octanol–water partition coefficient (Wildman–Crippen LogP) is 0.367. The third-order valence-electron chi connectivity index (χ3n) is 1.55. The van der Waals surface area contributed by atoms with Gasteiger partial charge in [0.05, 0.1) is 6.33 Å². The second-order valence-electron chi connectivity index (χ2n) is 2.59. The van der Waals surface area contributed by atoms with Crippen molar-refractivity contribution in [2.45, 2.75) is 13.5 Å². The molecule has 0 aliphatic heterocycles. The molecule has 0 amide bonds. The predicted molar refractivity (Wildman–Crippen MR) is 56.5 cm³/mol. The summed E-state index contributed by atoms with van der Waals surface area (Å²) in [4.78, 5) is 3.94. The molecule has 0 bridgehead atoms. The van der Waals surface area contributed by atoms with E-state index in [4.69, 9.17) is 12.2 Å². The third-order valence-corrected chi connectivity index (χ3v) is 1.84. The number of hydrogen-bond acceptors (Lipinski definition) is 2. The van der Waals surface area contributed by atoms with Gasteiger partial charge in [-0.2, -0.15) is 0 Å². The summed E-state index contributed by atoms with van der Waals surface area (Å²) >= 11 is 5.00. The largest absolute Gasteiger partial charge is 0.363 e. The van der Waals surface area contributed by atoms with Crippen LogP contribution in [0.2, 0.25) is 0 Å². The van der Waals surface area contributed by atoms with Gasteiger partial charge in [0.15, 0.2) is 5.11 Å². The fourth-order valence-corrected chi connectivity index (χ4v) is 1.19. The Labute approximate surface area is 83.4 Å². The van der Waals surface area contributed by atoms with E-state index >= 15 is 0 Å². The fourth-order valence-electron chi connectivity index (χ4n) is 0.941. The Hall–Kier alpha value is -1.10. The lowest BCUT2D eigenvalue weighted by Gasteiger charge is -2.08. The maximum Gasteiger partial charge on any atom is 0.166 e. The minimum atomic E-state index is 0.711. The number of imidazole rings is 1. The van der Waals surface area contributed by atoms with Gasteiger partial charge in [0.2, 0.25) is 0 Å². The van der Waals surface area contributed by atoms with Crippen LogP contribution >= 0.6 is 12.2 Å². The van der Waals surface area contributed by atoms with Crippen LogP contribution in [-0.4, -0.2) is 27.8 Å². The lowest BCUT2D eigenvalue weighted by molar-refractivity contribution is 0.668. The molecule has 1 aromatic rings. The molecule has 0 saturated carbocycles. The number of rotatable bonds is 4. The molecule has 0 aliphatic carbocycles. The summed E-state index contributed by atoms with van der Waals surface area (Å²) < 4.78 is 2.00. The number of aromatic nitrogens is 2. The van der Waals surface area contributed by atoms with Crippen LogP contribution in [0.25, 0.3) is 0 Å². The van der Waals surface area contributed by atoms with Gasteiger partial charge < -0.3 is 15.2 Å². The van der Waals surface area contributed by atoms with Crippen molar-refractivity contribution in [3.63, 3.8) is 0 Å². The van der Waals surface area contributed by atoms with Crippen LogP contribution in [0.1, 0.15) is 6.92 Å². The average Bonchev–Trinajstić information content (AvgIpc) is 2.57. The summed E-state index contributed by atoms with van der Waals surface area (Å²) in [5.41, 5.74) is 0. The highest BCUT2D eigenvalue weighted by molar-refractivity contribution is 7.80. The Bertz CT molecular complexity index is 245. The van der Waals surface area contributed by atoms with Crippen LogP contribution in [0.5, 0.6) is 0 Å². The first-order chi connectivity index (χ1) is 6.33. The molecular weight excluding hydrogens is 184 g/mol. The van der Waals surface area contributed by atoms with Crippen molar-refractivity contribution < 1.29 is 0 Å². The summed E-state index contributed by atoms with van der Waals surface area (Å²) in [5, 5.41) is 6.83. The quantitative estimate of drug-likeness (QED) is 0.686. The molecule has 0 fully saturated rings. The molecule has 1 rings (SSSR count). The van der Waals surface area contributed by atoms with Crippen molar-refractivity contribution in [1.29, 1.82) is 0 Å². The van der Waals surface area contributed by atoms with Crippen LogP contribution in [0, 0.1) is 0 Å². The topological polar surface area (TPSA) is 41.9 Å². The molecule has 4 nitrogen and oxygen atoms in total. The maximum atomic E-state index is 5.00. The van der Waals surface area contributed by atoms with Crippen molar-refractivity contribution in [2.24, 2.45) is 0 Å². The molecular formula is C8H14N4S. The van der Waals surface area contributed by atoms with Gasteiger partial charge in [-0.15, -0.1) is 0 Å². The summed E-state index contributed by atoms with van der Waals surface area (Å²) in [6.45, 7) is 4.58. The van der Waals surface area contributed by atoms with Gasteiger partial charge in [0.25, 0.3) is 0 Å². The summed E-state index contributed by atoms with van der Waals surface area (Å²) in [7, 11) is 0. The van der Waals surface area contributed by atoms with Crippen molar-refractivity contribution in [3.05, 3.63) is 18.7 Å². The van der Waals surface area contributed by atoms with E-state index in [1.165, 1.54) is 0 Å². The van der Waals surface area contributed by atoms with Gasteiger partial charge >= 0.3 is 0 Å². The van der Waals surface area contributed by atoms with E-state index in [9.17, 15) is 0 Å². The molecule has 1 aromatic heterocycles. The van der Waals surface area contributed by atoms with Crippen LogP contribution in [0.15, 0.2) is 18.7 Å². The molecule has 0 saturated heterocycles. The lowest BCUT2D eigenvalue weighted by atomic mass is 10.6. The first kappa shape index (κ1) is 9.98. The third kappa shape index (κ3) is 3.89. The van der Waals surface area contributed by atoms with E-state index < -0.39 is 0 Å². The zero-order chi connectivity index (χ0) is 9.52. The normalized spacial score (nSPS) is 9.62. The smallest absolute Gasteiger partial charge is 0.166 e. The molecule has 0 aromatic carbocycles. The van der Waals surface area contributed by atoms with E-state index in [1.807, 2.05) is 17.7 Å². The SMILES string of the molecule is CCNC(=S)NCCn1ccnc1. The maximum absolute atomic E-state index is 5.00. The summed E-state index contributed by atoms with van der Waals surface area (Å²) in [6, 6.07) is 0. The Kier molecular flexibility index (Phi) is 4.25. The lowest BCUT2D eigenvalue weighted by Crippen LogP contribution is -2.36. The van der Waals surface area contributed by atoms with Gasteiger partial charge in [-0.25, -0.2) is 4.98 Å². The van der Waals surface area contributed by atoms with Crippen molar-refractivity contribution in [2.75, 3.05) is 13.1 Å². The van der Waals surface area contributed by atoms with Crippen molar-refractivity contribution in [3.8, 4) is 0 Å². The molecule has 0 unspecified atom stereocenters. The second-order valence-corrected chi connectivity index (χ2v) is 2.99. The average molecular weight is 198 g/mol. The van der Waals surface area contributed by atoms with E-state index in [0.29, 0.717) is 5.11 Å². The highest BCUT2D eigenvalue weighted by Crippen LogP contribution is 1.83. The summed E-state index contributed by atoms with van der Waals surface area (Å²) in [6.07, 6.45) is 5.48. The molecule has 0 aliphatic rings. The minimum Gasteiger partial charge on any atom is -0.363 e.